The third-order valence-corrected chi connectivity index (χ3v) is 6.15. The molecule has 7 heteroatoms. The van der Waals surface area contributed by atoms with Gasteiger partial charge in [0.1, 0.15) is 11.5 Å². The molecule has 3 rings (SSSR count). The fraction of sp³-hybridized carbons (Fsp3) is 0.238. The summed E-state index contributed by atoms with van der Waals surface area (Å²) in [5, 5.41) is 8.97. The molecule has 1 aromatic heterocycles. The number of hydrogen-bond donors (Lipinski definition) is 1. The summed E-state index contributed by atoms with van der Waals surface area (Å²) < 4.78 is 31.1. The number of benzene rings is 2. The second-order valence-electron chi connectivity index (χ2n) is 6.89. The van der Waals surface area contributed by atoms with Crippen LogP contribution in [0.2, 0.25) is 0 Å². The Morgan fingerprint density at radius 3 is 2.21 bits per heavy atom. The van der Waals surface area contributed by atoms with Gasteiger partial charge in [0.05, 0.1) is 16.2 Å². The first-order chi connectivity index (χ1) is 13.2. The number of carbonyl (C=O) groups is 1. The van der Waals surface area contributed by atoms with E-state index in [0.717, 1.165) is 5.56 Å². The van der Waals surface area contributed by atoms with Crippen LogP contribution < -0.4 is 0 Å². The Balaban J connectivity index is 1.85. The molecule has 1 heterocycles. The number of rotatable bonds is 6. The summed E-state index contributed by atoms with van der Waals surface area (Å²) >= 11 is 0. The molecule has 146 valence electrons. The summed E-state index contributed by atoms with van der Waals surface area (Å²) in [6.45, 7) is 5.76. The molecule has 0 radical (unpaired) electrons. The van der Waals surface area contributed by atoms with Crippen LogP contribution in [0.5, 0.6) is 0 Å². The Morgan fingerprint density at radius 2 is 1.68 bits per heavy atom. The van der Waals surface area contributed by atoms with Crippen molar-refractivity contribution < 1.29 is 22.7 Å². The van der Waals surface area contributed by atoms with Crippen molar-refractivity contribution in [1.29, 1.82) is 0 Å². The van der Waals surface area contributed by atoms with Gasteiger partial charge in [-0.3, -0.25) is 0 Å². The van der Waals surface area contributed by atoms with Crippen LogP contribution in [0.1, 0.15) is 47.1 Å². The molecule has 0 aliphatic rings. The lowest BCUT2D eigenvalue weighted by atomic mass is 10.0. The Bertz CT molecular complexity index is 1090. The van der Waals surface area contributed by atoms with Gasteiger partial charge in [-0.1, -0.05) is 26.0 Å². The van der Waals surface area contributed by atoms with Gasteiger partial charge in [0.25, 0.3) is 0 Å². The summed E-state index contributed by atoms with van der Waals surface area (Å²) in [4.78, 5) is 15.5. The molecular weight excluding hydrogens is 378 g/mol. The Labute approximate surface area is 163 Å². The number of carboxylic acid groups (broad SMARTS) is 1. The van der Waals surface area contributed by atoms with Gasteiger partial charge in [-0.2, -0.15) is 0 Å². The van der Waals surface area contributed by atoms with Crippen molar-refractivity contribution in [2.45, 2.75) is 37.3 Å². The molecule has 2 aromatic carbocycles. The summed E-state index contributed by atoms with van der Waals surface area (Å²) in [5.41, 5.74) is 2.15. The molecule has 0 unspecified atom stereocenters. The van der Waals surface area contributed by atoms with Crippen LogP contribution in [0.25, 0.3) is 11.5 Å². The van der Waals surface area contributed by atoms with E-state index in [-0.39, 0.29) is 22.1 Å². The largest absolute Gasteiger partial charge is 0.478 e. The normalized spacial score (nSPS) is 11.7. The van der Waals surface area contributed by atoms with Gasteiger partial charge in [-0.15, -0.1) is 0 Å². The Morgan fingerprint density at radius 1 is 1.07 bits per heavy atom. The lowest BCUT2D eigenvalue weighted by Gasteiger charge is -2.07. The Hall–Kier alpha value is -2.93. The van der Waals surface area contributed by atoms with E-state index in [1.165, 1.54) is 12.1 Å². The molecule has 28 heavy (non-hydrogen) atoms. The van der Waals surface area contributed by atoms with Crippen LogP contribution in [0.3, 0.4) is 0 Å². The predicted molar refractivity (Wildman–Crippen MR) is 105 cm³/mol. The number of aryl methyl sites for hydroxylation is 1. The minimum atomic E-state index is -3.57. The third kappa shape index (κ3) is 4.14. The van der Waals surface area contributed by atoms with Crippen molar-refractivity contribution in [2.24, 2.45) is 0 Å². The van der Waals surface area contributed by atoms with Crippen molar-refractivity contribution in [3.8, 4) is 11.5 Å². The van der Waals surface area contributed by atoms with Crippen LogP contribution in [-0.4, -0.2) is 24.5 Å². The lowest BCUT2D eigenvalue weighted by Crippen LogP contribution is -2.06. The van der Waals surface area contributed by atoms with Gasteiger partial charge >= 0.3 is 5.97 Å². The first kappa shape index (κ1) is 19.8. The van der Waals surface area contributed by atoms with E-state index in [1.807, 2.05) is 26.0 Å². The molecule has 0 amide bonds. The molecule has 6 nitrogen and oxygen atoms in total. The molecule has 1 N–H and O–H groups in total. The molecule has 0 aliphatic carbocycles. The maximum atomic E-state index is 12.8. The smallest absolute Gasteiger partial charge is 0.335 e. The van der Waals surface area contributed by atoms with Crippen molar-refractivity contribution >= 4 is 15.8 Å². The Kier molecular flexibility index (Phi) is 5.38. The average molecular weight is 399 g/mol. The van der Waals surface area contributed by atoms with Gasteiger partial charge in [0.15, 0.2) is 9.84 Å². The van der Waals surface area contributed by atoms with E-state index >= 15 is 0 Å². The van der Waals surface area contributed by atoms with Crippen molar-refractivity contribution in [3.05, 3.63) is 71.1 Å². The summed E-state index contributed by atoms with van der Waals surface area (Å²) in [6, 6.07) is 12.9. The van der Waals surface area contributed by atoms with Crippen LogP contribution >= 0.6 is 0 Å². The second-order valence-corrected chi connectivity index (χ2v) is 8.88. The summed E-state index contributed by atoms with van der Waals surface area (Å²) in [5.74, 6) is -0.291. The van der Waals surface area contributed by atoms with E-state index in [0.29, 0.717) is 22.9 Å². The quantitative estimate of drug-likeness (QED) is 0.658. The molecular formula is C21H21NO5S. The fourth-order valence-corrected chi connectivity index (χ4v) is 4.11. The molecule has 0 spiro atoms. The van der Waals surface area contributed by atoms with Crippen molar-refractivity contribution in [3.63, 3.8) is 0 Å². The standard InChI is InChI=1S/C21H21NO5S/c1-13(2)15-8-10-18(11-9-15)28(25,26)12-19-14(3)27-20(22-19)16-4-6-17(7-5-16)21(23)24/h4-11,13H,12H2,1-3H3,(H,23,24). The highest BCUT2D eigenvalue weighted by atomic mass is 32.2. The van der Waals surface area contributed by atoms with E-state index in [2.05, 4.69) is 4.98 Å². The molecule has 0 bridgehead atoms. The zero-order valence-electron chi connectivity index (χ0n) is 15.8. The first-order valence-electron chi connectivity index (χ1n) is 8.80. The maximum absolute atomic E-state index is 12.8. The number of sulfone groups is 1. The maximum Gasteiger partial charge on any atom is 0.335 e. The van der Waals surface area contributed by atoms with E-state index in [1.54, 1.807) is 31.2 Å². The van der Waals surface area contributed by atoms with Crippen molar-refractivity contribution in [2.75, 3.05) is 0 Å². The predicted octanol–water partition coefficient (Wildman–Crippen LogP) is 4.45. The SMILES string of the molecule is Cc1oc(-c2ccc(C(=O)O)cc2)nc1CS(=O)(=O)c1ccc(C(C)C)cc1. The summed E-state index contributed by atoms with van der Waals surface area (Å²) in [7, 11) is -3.57. The number of nitrogens with zero attached hydrogens (tertiary/aromatic N) is 1. The topological polar surface area (TPSA) is 97.5 Å². The molecule has 3 aromatic rings. The van der Waals surface area contributed by atoms with Gasteiger partial charge < -0.3 is 9.52 Å². The van der Waals surface area contributed by atoms with Gasteiger partial charge in [-0.05, 0) is 54.8 Å². The fourth-order valence-electron chi connectivity index (χ4n) is 2.76. The van der Waals surface area contributed by atoms with Gasteiger partial charge in [0.2, 0.25) is 5.89 Å². The molecule has 0 saturated heterocycles. The van der Waals surface area contributed by atoms with E-state index in [4.69, 9.17) is 9.52 Å². The van der Waals surface area contributed by atoms with Crippen LogP contribution in [0.15, 0.2) is 57.8 Å². The molecule has 0 saturated carbocycles. The monoisotopic (exact) mass is 399 g/mol. The first-order valence-corrected chi connectivity index (χ1v) is 10.5. The van der Waals surface area contributed by atoms with Gasteiger partial charge in [-0.25, -0.2) is 18.2 Å². The average Bonchev–Trinajstić information content (AvgIpc) is 3.01. The van der Waals surface area contributed by atoms with E-state index in [9.17, 15) is 13.2 Å². The van der Waals surface area contributed by atoms with Gasteiger partial charge in [0, 0.05) is 5.56 Å². The lowest BCUT2D eigenvalue weighted by molar-refractivity contribution is 0.0697. The third-order valence-electron chi connectivity index (χ3n) is 4.50. The van der Waals surface area contributed by atoms with Crippen LogP contribution in [-0.2, 0) is 15.6 Å². The summed E-state index contributed by atoms with van der Waals surface area (Å²) in [6.07, 6.45) is 0. The number of carboxylic acids is 1. The highest BCUT2D eigenvalue weighted by molar-refractivity contribution is 7.90. The highest BCUT2D eigenvalue weighted by Crippen LogP contribution is 2.26. The minimum absolute atomic E-state index is 0.152. The van der Waals surface area contributed by atoms with Crippen LogP contribution in [0.4, 0.5) is 0 Å². The number of hydrogen-bond acceptors (Lipinski definition) is 5. The zero-order chi connectivity index (χ0) is 20.5. The highest BCUT2D eigenvalue weighted by Gasteiger charge is 2.21. The van der Waals surface area contributed by atoms with E-state index < -0.39 is 15.8 Å². The molecule has 0 atom stereocenters. The van der Waals surface area contributed by atoms with Crippen molar-refractivity contribution in [1.82, 2.24) is 4.98 Å². The molecule has 0 fully saturated rings. The second kappa shape index (κ2) is 7.59. The number of aromatic nitrogens is 1. The van der Waals surface area contributed by atoms with Crippen LogP contribution in [0, 0.1) is 6.92 Å². The number of oxazole rings is 1. The zero-order valence-corrected chi connectivity index (χ0v) is 16.7. The minimum Gasteiger partial charge on any atom is -0.478 e. The number of aromatic carboxylic acids is 1. The molecule has 0 aliphatic heterocycles.